The van der Waals surface area contributed by atoms with Gasteiger partial charge in [-0.1, -0.05) is 0 Å². The van der Waals surface area contributed by atoms with Crippen LogP contribution in [0.5, 0.6) is 11.5 Å². The minimum Gasteiger partial charge on any atom is -0.497 e. The molecule has 0 saturated carbocycles. The smallest absolute Gasteiger partial charge is 0.320 e. The number of imidazole rings is 1. The van der Waals surface area contributed by atoms with Gasteiger partial charge in [0.2, 0.25) is 0 Å². The molecule has 0 bridgehead atoms. The number of hydrogen-bond donors (Lipinski definition) is 2. The zero-order chi connectivity index (χ0) is 21.0. The van der Waals surface area contributed by atoms with Crippen LogP contribution < -0.4 is 20.1 Å². The van der Waals surface area contributed by atoms with Crippen molar-refractivity contribution in [3.8, 4) is 11.5 Å². The molecule has 2 N–H and O–H groups in total. The summed E-state index contributed by atoms with van der Waals surface area (Å²) in [6, 6.07) is 6.69. The van der Waals surface area contributed by atoms with Gasteiger partial charge in [-0.05, 0) is 29.8 Å². The number of nitrogens with one attached hydrogen (secondary N) is 2. The predicted octanol–water partition coefficient (Wildman–Crippen LogP) is 3.63. The molecule has 1 heterocycles. The molecule has 29 heavy (non-hydrogen) atoms. The van der Waals surface area contributed by atoms with Crippen LogP contribution in [0.1, 0.15) is 17.4 Å². The summed E-state index contributed by atoms with van der Waals surface area (Å²) in [5, 5.41) is 5.15. The van der Waals surface area contributed by atoms with Crippen molar-refractivity contribution >= 4 is 11.7 Å². The van der Waals surface area contributed by atoms with Crippen LogP contribution in [0.15, 0.2) is 48.8 Å². The van der Waals surface area contributed by atoms with E-state index in [4.69, 9.17) is 9.47 Å². The molecule has 0 aliphatic carbocycles. The van der Waals surface area contributed by atoms with Gasteiger partial charge >= 0.3 is 6.03 Å². The Kier molecular flexibility index (Phi) is 5.96. The predicted molar refractivity (Wildman–Crippen MR) is 103 cm³/mol. The van der Waals surface area contributed by atoms with Crippen molar-refractivity contribution in [2.24, 2.45) is 7.05 Å². The number of aryl methyl sites for hydroxylation is 1. The highest BCUT2D eigenvalue weighted by Crippen LogP contribution is 2.29. The number of nitrogens with zero attached hydrogens (tertiary/aromatic N) is 2. The fraction of sp³-hybridized carbons (Fsp3) is 0.200. The quantitative estimate of drug-likeness (QED) is 0.660. The van der Waals surface area contributed by atoms with E-state index in [-0.39, 0.29) is 5.69 Å². The third-order valence-corrected chi connectivity index (χ3v) is 4.28. The number of aromatic nitrogens is 2. The highest BCUT2D eigenvalue weighted by Gasteiger charge is 2.23. The average molecular weight is 402 g/mol. The second kappa shape index (κ2) is 8.59. The molecular formula is C20H20F2N4O3. The van der Waals surface area contributed by atoms with E-state index in [2.05, 4.69) is 15.6 Å². The van der Waals surface area contributed by atoms with E-state index < -0.39 is 23.7 Å². The number of methoxy groups -OCH3 is 2. The Balaban J connectivity index is 1.93. The van der Waals surface area contributed by atoms with Gasteiger partial charge in [0.15, 0.2) is 0 Å². The van der Waals surface area contributed by atoms with Gasteiger partial charge in [0.05, 0.1) is 19.9 Å². The summed E-state index contributed by atoms with van der Waals surface area (Å²) in [5.41, 5.74) is 0.496. The first-order valence-electron chi connectivity index (χ1n) is 8.64. The zero-order valence-electron chi connectivity index (χ0n) is 16.1. The molecule has 2 aromatic carbocycles. The number of amides is 2. The molecule has 0 aliphatic rings. The molecule has 3 rings (SSSR count). The Hall–Kier alpha value is -3.62. The Morgan fingerprint density at radius 3 is 2.34 bits per heavy atom. The van der Waals surface area contributed by atoms with Gasteiger partial charge in [0.1, 0.15) is 35.0 Å². The summed E-state index contributed by atoms with van der Waals surface area (Å²) >= 11 is 0. The van der Waals surface area contributed by atoms with Crippen LogP contribution in [-0.2, 0) is 7.05 Å². The van der Waals surface area contributed by atoms with E-state index >= 15 is 0 Å². The topological polar surface area (TPSA) is 77.4 Å². The average Bonchev–Trinajstić information content (AvgIpc) is 3.13. The molecule has 3 aromatic rings. The number of benzene rings is 2. The number of urea groups is 1. The summed E-state index contributed by atoms with van der Waals surface area (Å²) in [6.07, 6.45) is 3.33. The van der Waals surface area contributed by atoms with Crippen molar-refractivity contribution in [3.63, 3.8) is 0 Å². The van der Waals surface area contributed by atoms with Crippen molar-refractivity contribution in [2.75, 3.05) is 19.5 Å². The van der Waals surface area contributed by atoms with E-state index in [1.54, 1.807) is 42.2 Å². The number of hydrogen-bond acceptors (Lipinski definition) is 4. The lowest BCUT2D eigenvalue weighted by atomic mass is 10.1. The summed E-state index contributed by atoms with van der Waals surface area (Å²) in [7, 11) is 4.82. The van der Waals surface area contributed by atoms with Crippen molar-refractivity contribution in [1.82, 2.24) is 14.9 Å². The first-order valence-corrected chi connectivity index (χ1v) is 8.64. The van der Waals surface area contributed by atoms with Gasteiger partial charge in [-0.15, -0.1) is 0 Å². The van der Waals surface area contributed by atoms with Crippen LogP contribution in [0.25, 0.3) is 0 Å². The number of ether oxygens (including phenoxy) is 2. The maximum atomic E-state index is 13.9. The lowest BCUT2D eigenvalue weighted by molar-refractivity contribution is 0.249. The highest BCUT2D eigenvalue weighted by atomic mass is 19.1. The molecule has 0 saturated heterocycles. The summed E-state index contributed by atoms with van der Waals surface area (Å²) in [5.74, 6) is -0.00899. The molecule has 0 unspecified atom stereocenters. The number of rotatable bonds is 6. The standard InChI is InChI=1S/C20H20F2N4O3/c1-26-7-6-23-19(26)18(12-8-14(28-2)11-15(9-12)29-3)25-20(27)24-17-5-4-13(21)10-16(17)22/h4-11,18H,1-3H3,(H2,24,25,27)/t18-/m1/s1. The van der Waals surface area contributed by atoms with Gasteiger partial charge in [-0.3, -0.25) is 0 Å². The van der Waals surface area contributed by atoms with E-state index in [1.807, 2.05) is 0 Å². The van der Waals surface area contributed by atoms with Crippen molar-refractivity contribution in [2.45, 2.75) is 6.04 Å². The molecule has 1 aromatic heterocycles. The molecule has 2 amide bonds. The second-order valence-corrected chi connectivity index (χ2v) is 6.20. The Morgan fingerprint density at radius 1 is 1.10 bits per heavy atom. The number of carbonyl (C=O) groups excluding carboxylic acids is 1. The fourth-order valence-electron chi connectivity index (χ4n) is 2.83. The summed E-state index contributed by atoms with van der Waals surface area (Å²) < 4.78 is 39.3. The van der Waals surface area contributed by atoms with Gasteiger partial charge < -0.3 is 24.7 Å². The number of anilines is 1. The van der Waals surface area contributed by atoms with Crippen LogP contribution in [0.4, 0.5) is 19.3 Å². The van der Waals surface area contributed by atoms with Crippen LogP contribution in [0, 0.1) is 11.6 Å². The van der Waals surface area contributed by atoms with Gasteiger partial charge in [-0.2, -0.15) is 0 Å². The van der Waals surface area contributed by atoms with Crippen molar-refractivity contribution in [3.05, 3.63) is 71.8 Å². The highest BCUT2D eigenvalue weighted by molar-refractivity contribution is 5.89. The number of halogens is 2. The van der Waals surface area contributed by atoms with E-state index in [0.29, 0.717) is 29.0 Å². The molecular weight excluding hydrogens is 382 g/mol. The summed E-state index contributed by atoms with van der Waals surface area (Å²) in [6.45, 7) is 0. The summed E-state index contributed by atoms with van der Waals surface area (Å²) in [4.78, 5) is 16.9. The molecule has 7 nitrogen and oxygen atoms in total. The Bertz CT molecular complexity index is 1000. The largest absolute Gasteiger partial charge is 0.497 e. The van der Waals surface area contributed by atoms with Crippen molar-refractivity contribution in [1.29, 1.82) is 0 Å². The Morgan fingerprint density at radius 2 is 1.79 bits per heavy atom. The van der Waals surface area contributed by atoms with Gasteiger partial charge in [0, 0.05) is 31.6 Å². The third kappa shape index (κ3) is 4.63. The Labute approximate surface area is 166 Å². The monoisotopic (exact) mass is 402 g/mol. The lowest BCUT2D eigenvalue weighted by Gasteiger charge is -2.21. The normalized spacial score (nSPS) is 11.6. The molecule has 0 fully saturated rings. The minimum atomic E-state index is -0.878. The fourth-order valence-corrected chi connectivity index (χ4v) is 2.83. The van der Waals surface area contributed by atoms with Crippen LogP contribution >= 0.6 is 0 Å². The molecule has 0 spiro atoms. The van der Waals surface area contributed by atoms with E-state index in [1.165, 1.54) is 14.2 Å². The molecule has 152 valence electrons. The maximum Gasteiger partial charge on any atom is 0.320 e. The van der Waals surface area contributed by atoms with Crippen LogP contribution in [-0.4, -0.2) is 29.8 Å². The maximum absolute atomic E-state index is 13.9. The SMILES string of the molecule is COc1cc(OC)cc([C@@H](NC(=O)Nc2ccc(F)cc2F)c2nccn2C)c1. The first kappa shape index (κ1) is 20.1. The van der Waals surface area contributed by atoms with E-state index in [9.17, 15) is 13.6 Å². The second-order valence-electron chi connectivity index (χ2n) is 6.20. The molecule has 9 heteroatoms. The van der Waals surface area contributed by atoms with Gasteiger partial charge in [0.25, 0.3) is 0 Å². The lowest BCUT2D eigenvalue weighted by Crippen LogP contribution is -2.34. The zero-order valence-corrected chi connectivity index (χ0v) is 16.1. The number of carbonyl (C=O) groups is 1. The molecule has 1 atom stereocenters. The molecule has 0 aliphatic heterocycles. The molecule has 0 radical (unpaired) electrons. The van der Waals surface area contributed by atoms with Gasteiger partial charge in [-0.25, -0.2) is 18.6 Å². The van der Waals surface area contributed by atoms with Crippen molar-refractivity contribution < 1.29 is 23.0 Å². The minimum absolute atomic E-state index is 0.147. The first-order chi connectivity index (χ1) is 13.9. The third-order valence-electron chi connectivity index (χ3n) is 4.28. The van der Waals surface area contributed by atoms with E-state index in [0.717, 1.165) is 12.1 Å². The van der Waals surface area contributed by atoms with Crippen LogP contribution in [0.2, 0.25) is 0 Å². The van der Waals surface area contributed by atoms with Crippen LogP contribution in [0.3, 0.4) is 0 Å².